The first-order valence-corrected chi connectivity index (χ1v) is 17.2. The van der Waals surface area contributed by atoms with Crippen LogP contribution in [0, 0.1) is 0 Å². The van der Waals surface area contributed by atoms with Crippen LogP contribution in [0.3, 0.4) is 0 Å². The number of hydrogen-bond acceptors (Lipinski definition) is 6. The van der Waals surface area contributed by atoms with Crippen LogP contribution in [0.2, 0.25) is 0 Å². The number of unbranched alkanes of at least 4 members (excludes halogenated alkanes) is 6. The lowest BCUT2D eigenvalue weighted by Crippen LogP contribution is -2.10. The Morgan fingerprint density at radius 1 is 0.543 bits per heavy atom. The maximum atomic E-state index is 6.50. The summed E-state index contributed by atoms with van der Waals surface area (Å²) in [5, 5.41) is 0. The number of ether oxygens (including phenoxy) is 2. The van der Waals surface area contributed by atoms with Crippen molar-refractivity contribution >= 4 is 22.2 Å². The predicted molar refractivity (Wildman–Crippen MR) is 189 cm³/mol. The highest BCUT2D eigenvalue weighted by Crippen LogP contribution is 2.43. The average molecular weight is 625 g/mol. The number of fused-ring (bicyclic) bond motifs is 2. The van der Waals surface area contributed by atoms with E-state index >= 15 is 0 Å². The molecular formula is C40H52N2O4. The molecule has 2 heterocycles. The van der Waals surface area contributed by atoms with E-state index in [2.05, 4.69) is 79.7 Å². The fourth-order valence-electron chi connectivity index (χ4n) is 5.57. The Kier molecular flexibility index (Phi) is 10.4. The van der Waals surface area contributed by atoms with E-state index in [-0.39, 0.29) is 10.8 Å². The van der Waals surface area contributed by atoms with Gasteiger partial charge in [-0.3, -0.25) is 0 Å². The Hall–Kier alpha value is -3.80. The molecule has 0 aliphatic rings. The maximum Gasteiger partial charge on any atom is 0.231 e. The smallest absolute Gasteiger partial charge is 0.231 e. The second kappa shape index (κ2) is 14.3. The highest BCUT2D eigenvalue weighted by atomic mass is 16.5. The fourth-order valence-corrected chi connectivity index (χ4v) is 5.57. The molecule has 0 radical (unpaired) electrons. The Morgan fingerprint density at radius 3 is 1.33 bits per heavy atom. The molecule has 6 heteroatoms. The van der Waals surface area contributed by atoms with E-state index in [0.29, 0.717) is 36.5 Å². The summed E-state index contributed by atoms with van der Waals surface area (Å²) in [6.07, 6.45) is 8.91. The first-order valence-electron chi connectivity index (χ1n) is 17.2. The second-order valence-corrected chi connectivity index (χ2v) is 14.6. The Balaban J connectivity index is 1.61. The Morgan fingerprint density at radius 2 is 0.957 bits per heavy atom. The molecular weight excluding hydrogens is 572 g/mol. The van der Waals surface area contributed by atoms with E-state index < -0.39 is 0 Å². The number of rotatable bonds is 14. The van der Waals surface area contributed by atoms with Crippen molar-refractivity contribution in [1.29, 1.82) is 0 Å². The molecule has 46 heavy (non-hydrogen) atoms. The molecule has 0 aliphatic heterocycles. The largest absolute Gasteiger partial charge is 0.493 e. The second-order valence-electron chi connectivity index (χ2n) is 14.6. The van der Waals surface area contributed by atoms with E-state index in [1.807, 2.05) is 24.3 Å². The van der Waals surface area contributed by atoms with Crippen LogP contribution < -0.4 is 9.47 Å². The molecule has 0 spiro atoms. The van der Waals surface area contributed by atoms with E-state index in [1.54, 1.807) is 0 Å². The van der Waals surface area contributed by atoms with Crippen LogP contribution in [-0.4, -0.2) is 23.2 Å². The van der Waals surface area contributed by atoms with Crippen LogP contribution in [0.25, 0.3) is 45.1 Å². The van der Waals surface area contributed by atoms with Gasteiger partial charge in [0.15, 0.2) is 11.2 Å². The van der Waals surface area contributed by atoms with Crippen LogP contribution in [0.15, 0.2) is 57.4 Å². The summed E-state index contributed by atoms with van der Waals surface area (Å²) >= 11 is 0. The molecule has 0 amide bonds. The summed E-state index contributed by atoms with van der Waals surface area (Å²) < 4.78 is 25.9. The van der Waals surface area contributed by atoms with Gasteiger partial charge in [0.25, 0.3) is 0 Å². The van der Waals surface area contributed by atoms with Crippen molar-refractivity contribution in [2.45, 2.75) is 118 Å². The number of aromatic nitrogens is 2. The molecule has 5 rings (SSSR count). The van der Waals surface area contributed by atoms with Crippen LogP contribution in [-0.2, 0) is 10.8 Å². The molecule has 0 aliphatic carbocycles. The van der Waals surface area contributed by atoms with Crippen LogP contribution in [0.1, 0.15) is 118 Å². The normalized spacial score (nSPS) is 12.3. The van der Waals surface area contributed by atoms with Gasteiger partial charge < -0.3 is 18.3 Å². The molecule has 0 saturated carbocycles. The molecule has 0 bridgehead atoms. The number of hydrogen-bond donors (Lipinski definition) is 0. The molecule has 0 unspecified atom stereocenters. The number of benzene rings is 3. The average Bonchev–Trinajstić information content (AvgIpc) is 3.63. The number of oxazole rings is 2. The van der Waals surface area contributed by atoms with Crippen LogP contribution in [0.5, 0.6) is 11.5 Å². The standard InChI is InChI=1S/C40H52N2O4/c1-9-11-13-15-21-43-33-25-30(38-42-32-20-18-28(40(6,7)8)24-36(32)46-38)34(44-22-16-14-12-10-2)26-29(33)37-41-31-19-17-27(39(3,4)5)23-35(31)45-37/h17-20,23-26H,9-16,21-22H2,1-8H3. The van der Waals surface area contributed by atoms with Gasteiger partial charge in [0.05, 0.1) is 24.3 Å². The first kappa shape index (κ1) is 33.6. The molecule has 6 nitrogen and oxygen atoms in total. The summed E-state index contributed by atoms with van der Waals surface area (Å²) in [7, 11) is 0. The predicted octanol–water partition coefficient (Wildman–Crippen LogP) is 11.8. The molecule has 0 saturated heterocycles. The Labute approximate surface area is 274 Å². The molecule has 2 aromatic heterocycles. The minimum absolute atomic E-state index is 0.00155. The van der Waals surface area contributed by atoms with Gasteiger partial charge in [-0.1, -0.05) is 106 Å². The van der Waals surface area contributed by atoms with Crippen LogP contribution >= 0.6 is 0 Å². The van der Waals surface area contributed by atoms with Crippen molar-refractivity contribution in [2.75, 3.05) is 13.2 Å². The third-order valence-corrected chi connectivity index (χ3v) is 8.56. The van der Waals surface area contributed by atoms with Crippen molar-refractivity contribution in [3.8, 4) is 34.4 Å². The van der Waals surface area contributed by atoms with E-state index in [1.165, 1.54) is 36.8 Å². The van der Waals surface area contributed by atoms with Gasteiger partial charge in [-0.2, -0.15) is 0 Å². The van der Waals surface area contributed by atoms with Gasteiger partial charge in [0.1, 0.15) is 22.5 Å². The van der Waals surface area contributed by atoms with E-state index in [9.17, 15) is 0 Å². The lowest BCUT2D eigenvalue weighted by molar-refractivity contribution is 0.297. The van der Waals surface area contributed by atoms with Crippen LogP contribution in [0.4, 0.5) is 0 Å². The summed E-state index contributed by atoms with van der Waals surface area (Å²) in [5.74, 6) is 2.40. The zero-order valence-electron chi connectivity index (χ0n) is 29.2. The SMILES string of the molecule is CCCCCCOc1cc(-c2nc3ccc(C(C)(C)C)cc3o2)c(OCCCCCC)cc1-c1nc2ccc(C(C)(C)C)cc2o1. The van der Waals surface area contributed by atoms with Crippen molar-refractivity contribution in [2.24, 2.45) is 0 Å². The van der Waals surface area contributed by atoms with Crippen molar-refractivity contribution in [3.05, 3.63) is 59.7 Å². The van der Waals surface area contributed by atoms with Gasteiger partial charge in [-0.15, -0.1) is 0 Å². The third kappa shape index (κ3) is 7.94. The minimum atomic E-state index is 0.00155. The van der Waals surface area contributed by atoms with Crippen molar-refractivity contribution < 1.29 is 18.3 Å². The lowest BCUT2D eigenvalue weighted by Gasteiger charge is -2.18. The molecule has 246 valence electrons. The summed E-state index contributed by atoms with van der Waals surface area (Å²) in [6.45, 7) is 18.8. The third-order valence-electron chi connectivity index (χ3n) is 8.56. The van der Waals surface area contributed by atoms with Crippen molar-refractivity contribution in [1.82, 2.24) is 9.97 Å². The fraction of sp³-hybridized carbons (Fsp3) is 0.500. The quantitative estimate of drug-likeness (QED) is 0.114. The lowest BCUT2D eigenvalue weighted by atomic mass is 9.87. The maximum absolute atomic E-state index is 6.50. The zero-order valence-corrected chi connectivity index (χ0v) is 29.2. The molecule has 0 N–H and O–H groups in total. The zero-order chi connectivity index (χ0) is 32.9. The molecule has 3 aromatic carbocycles. The van der Waals surface area contributed by atoms with Gasteiger partial charge in [-0.05, 0) is 71.2 Å². The molecule has 0 atom stereocenters. The summed E-state index contributed by atoms with van der Waals surface area (Å²) in [6, 6.07) is 16.5. The monoisotopic (exact) mass is 624 g/mol. The van der Waals surface area contributed by atoms with Gasteiger partial charge in [-0.25, -0.2) is 9.97 Å². The van der Waals surface area contributed by atoms with Crippen molar-refractivity contribution in [3.63, 3.8) is 0 Å². The highest BCUT2D eigenvalue weighted by molar-refractivity contribution is 5.83. The van der Waals surface area contributed by atoms with Gasteiger partial charge in [0, 0.05) is 0 Å². The number of nitrogens with zero attached hydrogens (tertiary/aromatic N) is 2. The van der Waals surface area contributed by atoms with E-state index in [0.717, 1.165) is 59.0 Å². The minimum Gasteiger partial charge on any atom is -0.493 e. The van der Waals surface area contributed by atoms with Gasteiger partial charge >= 0.3 is 0 Å². The Bertz CT molecular complexity index is 1620. The summed E-state index contributed by atoms with van der Waals surface area (Å²) in [4.78, 5) is 9.83. The molecule has 5 aromatic rings. The highest BCUT2D eigenvalue weighted by Gasteiger charge is 2.24. The topological polar surface area (TPSA) is 70.5 Å². The van der Waals surface area contributed by atoms with Gasteiger partial charge in [0.2, 0.25) is 11.8 Å². The summed E-state index contributed by atoms with van der Waals surface area (Å²) in [5.41, 5.74) is 7.09. The van der Waals surface area contributed by atoms with E-state index in [4.69, 9.17) is 28.3 Å². The first-order chi connectivity index (χ1) is 22.0. The molecule has 0 fully saturated rings.